The van der Waals surface area contributed by atoms with E-state index in [1.54, 1.807) is 19.2 Å². The molecule has 2 aromatic carbocycles. The number of ether oxygens (including phenoxy) is 1. The molecule has 1 heterocycles. The molecule has 0 spiro atoms. The van der Waals surface area contributed by atoms with Gasteiger partial charge in [-0.3, -0.25) is 14.6 Å². The molecule has 1 aliphatic heterocycles. The zero-order chi connectivity index (χ0) is 25.4. The first-order valence-corrected chi connectivity index (χ1v) is 12.4. The molecule has 2 aromatic rings. The number of amides is 1. The van der Waals surface area contributed by atoms with Gasteiger partial charge in [-0.05, 0) is 81.7 Å². The van der Waals surface area contributed by atoms with E-state index in [0.717, 1.165) is 53.9 Å². The highest BCUT2D eigenvalue weighted by Crippen LogP contribution is 2.40. The van der Waals surface area contributed by atoms with Crippen LogP contribution in [0.25, 0.3) is 0 Å². The number of rotatable bonds is 6. The first-order chi connectivity index (χ1) is 16.5. The lowest BCUT2D eigenvalue weighted by Crippen LogP contribution is -2.30. The van der Waals surface area contributed by atoms with Gasteiger partial charge < -0.3 is 10.1 Å². The zero-order valence-electron chi connectivity index (χ0n) is 21.7. The van der Waals surface area contributed by atoms with Crippen molar-refractivity contribution < 1.29 is 14.3 Å². The summed E-state index contributed by atoms with van der Waals surface area (Å²) in [6, 6.07) is 13.2. The number of benzene rings is 2. The van der Waals surface area contributed by atoms with Crippen molar-refractivity contribution >= 4 is 23.1 Å². The SMILES string of the molecule is COc1ccc2c(c1)C(CC(=O)c1cccc(NC(=O)C3=C(C)CCCC3(C)C)c1)=NC(C)(C)C2. The zero-order valence-corrected chi connectivity index (χ0v) is 21.7. The Morgan fingerprint density at radius 2 is 1.86 bits per heavy atom. The van der Waals surface area contributed by atoms with Crippen molar-refractivity contribution in [1.82, 2.24) is 0 Å². The van der Waals surface area contributed by atoms with E-state index < -0.39 is 0 Å². The molecule has 0 saturated carbocycles. The highest BCUT2D eigenvalue weighted by Gasteiger charge is 2.33. The summed E-state index contributed by atoms with van der Waals surface area (Å²) in [6.07, 6.45) is 4.07. The second-order valence-electron chi connectivity index (χ2n) is 11.1. The molecular weight excluding hydrogens is 436 g/mol. The van der Waals surface area contributed by atoms with E-state index in [4.69, 9.17) is 9.73 Å². The summed E-state index contributed by atoms with van der Waals surface area (Å²) in [5.41, 5.74) is 5.72. The summed E-state index contributed by atoms with van der Waals surface area (Å²) in [5.74, 6) is 0.652. The fourth-order valence-corrected chi connectivity index (χ4v) is 5.51. The Morgan fingerprint density at radius 3 is 2.57 bits per heavy atom. The van der Waals surface area contributed by atoms with Crippen LogP contribution in [0.5, 0.6) is 5.75 Å². The summed E-state index contributed by atoms with van der Waals surface area (Å²) < 4.78 is 5.41. The third kappa shape index (κ3) is 5.39. The van der Waals surface area contributed by atoms with Crippen molar-refractivity contribution in [1.29, 1.82) is 0 Å². The number of fused-ring (bicyclic) bond motifs is 1. The Labute approximate surface area is 208 Å². The van der Waals surface area contributed by atoms with Crippen molar-refractivity contribution in [2.75, 3.05) is 12.4 Å². The number of methoxy groups -OCH3 is 1. The lowest BCUT2D eigenvalue weighted by Gasteiger charge is -2.33. The van der Waals surface area contributed by atoms with Gasteiger partial charge >= 0.3 is 0 Å². The lowest BCUT2D eigenvalue weighted by atomic mass is 9.72. The molecule has 0 bridgehead atoms. The number of anilines is 1. The van der Waals surface area contributed by atoms with Crippen LogP contribution in [0.4, 0.5) is 5.69 Å². The number of carbonyl (C=O) groups is 2. The molecule has 5 heteroatoms. The first kappa shape index (κ1) is 24.9. The number of allylic oxidation sites excluding steroid dienone is 1. The smallest absolute Gasteiger partial charge is 0.252 e. The number of hydrogen-bond acceptors (Lipinski definition) is 4. The average Bonchev–Trinajstić information content (AvgIpc) is 2.77. The van der Waals surface area contributed by atoms with E-state index in [9.17, 15) is 9.59 Å². The lowest BCUT2D eigenvalue weighted by molar-refractivity contribution is -0.114. The Kier molecular flexibility index (Phi) is 6.72. The minimum atomic E-state index is -0.272. The van der Waals surface area contributed by atoms with Crippen molar-refractivity contribution in [2.24, 2.45) is 10.4 Å². The van der Waals surface area contributed by atoms with Gasteiger partial charge in [-0.1, -0.05) is 37.6 Å². The molecule has 0 aromatic heterocycles. The van der Waals surface area contributed by atoms with Gasteiger partial charge in [-0.15, -0.1) is 0 Å². The summed E-state index contributed by atoms with van der Waals surface area (Å²) >= 11 is 0. The van der Waals surface area contributed by atoms with E-state index >= 15 is 0 Å². The van der Waals surface area contributed by atoms with Gasteiger partial charge in [0, 0.05) is 22.4 Å². The Hall–Kier alpha value is -3.21. The monoisotopic (exact) mass is 472 g/mol. The quantitative estimate of drug-likeness (QED) is 0.484. The molecule has 0 atom stereocenters. The number of nitrogens with one attached hydrogen (secondary N) is 1. The van der Waals surface area contributed by atoms with E-state index in [0.29, 0.717) is 11.3 Å². The topological polar surface area (TPSA) is 67.8 Å². The maximum absolute atomic E-state index is 13.3. The number of hydrogen-bond donors (Lipinski definition) is 1. The molecule has 1 aliphatic carbocycles. The van der Waals surface area contributed by atoms with Crippen LogP contribution in [0.15, 0.2) is 58.6 Å². The van der Waals surface area contributed by atoms with Crippen molar-refractivity contribution in [2.45, 2.75) is 72.3 Å². The van der Waals surface area contributed by atoms with Crippen LogP contribution in [0, 0.1) is 5.41 Å². The molecule has 35 heavy (non-hydrogen) atoms. The van der Waals surface area contributed by atoms with Gasteiger partial charge in [0.1, 0.15) is 5.75 Å². The molecular formula is C30H36N2O3. The minimum absolute atomic E-state index is 0.0280. The van der Waals surface area contributed by atoms with Gasteiger partial charge in [-0.25, -0.2) is 0 Å². The number of ketones is 1. The number of nitrogens with zero attached hydrogens (tertiary/aromatic N) is 1. The molecule has 1 N–H and O–H groups in total. The second-order valence-corrected chi connectivity index (χ2v) is 11.1. The van der Waals surface area contributed by atoms with Gasteiger partial charge in [0.25, 0.3) is 5.91 Å². The highest BCUT2D eigenvalue weighted by atomic mass is 16.5. The fraction of sp³-hybridized carbons (Fsp3) is 0.433. The van der Waals surface area contributed by atoms with Crippen molar-refractivity contribution in [3.05, 3.63) is 70.3 Å². The number of Topliss-reactive ketones (excluding diaryl/α,β-unsaturated/α-hetero) is 1. The maximum Gasteiger partial charge on any atom is 0.252 e. The Morgan fingerprint density at radius 1 is 1.09 bits per heavy atom. The Balaban J connectivity index is 1.56. The molecule has 1 amide bonds. The molecule has 0 unspecified atom stereocenters. The molecule has 0 radical (unpaired) electrons. The van der Waals surface area contributed by atoms with Gasteiger partial charge in [0.2, 0.25) is 0 Å². The second kappa shape index (κ2) is 9.44. The highest BCUT2D eigenvalue weighted by molar-refractivity contribution is 6.17. The average molecular weight is 473 g/mol. The third-order valence-electron chi connectivity index (χ3n) is 7.14. The molecule has 4 rings (SSSR count). The maximum atomic E-state index is 13.3. The van der Waals surface area contributed by atoms with Crippen LogP contribution in [0.2, 0.25) is 0 Å². The van der Waals surface area contributed by atoms with Crippen LogP contribution >= 0.6 is 0 Å². The minimum Gasteiger partial charge on any atom is -0.497 e. The van der Waals surface area contributed by atoms with Crippen molar-refractivity contribution in [3.63, 3.8) is 0 Å². The normalized spacial score (nSPS) is 18.4. The van der Waals surface area contributed by atoms with Gasteiger partial charge in [0.15, 0.2) is 5.78 Å². The van der Waals surface area contributed by atoms with E-state index in [2.05, 4.69) is 46.0 Å². The Bertz CT molecular complexity index is 1230. The van der Waals surface area contributed by atoms with Crippen molar-refractivity contribution in [3.8, 4) is 5.75 Å². The van der Waals surface area contributed by atoms with E-state index in [1.165, 1.54) is 5.56 Å². The summed E-state index contributed by atoms with van der Waals surface area (Å²) in [7, 11) is 1.64. The summed E-state index contributed by atoms with van der Waals surface area (Å²) in [6.45, 7) is 10.5. The van der Waals surface area contributed by atoms with Crippen LogP contribution < -0.4 is 10.1 Å². The molecule has 0 fully saturated rings. The molecule has 2 aliphatic rings. The van der Waals surface area contributed by atoms with Crippen LogP contribution in [0.3, 0.4) is 0 Å². The fourth-order valence-electron chi connectivity index (χ4n) is 5.51. The molecule has 184 valence electrons. The van der Waals surface area contributed by atoms with Crippen LogP contribution in [-0.2, 0) is 11.2 Å². The largest absolute Gasteiger partial charge is 0.497 e. The standard InChI is InChI=1S/C30H36N2O3/c1-19-9-8-14-29(2,3)27(19)28(34)31-22-11-7-10-20(15-22)26(33)17-25-24-16-23(35-6)13-12-21(24)18-30(4,5)32-25/h7,10-13,15-16H,8-9,14,17-18H2,1-6H3,(H,31,34). The van der Waals surface area contributed by atoms with E-state index in [-0.39, 0.29) is 29.1 Å². The van der Waals surface area contributed by atoms with E-state index in [1.807, 2.05) is 24.3 Å². The van der Waals surface area contributed by atoms with Gasteiger partial charge in [-0.2, -0.15) is 0 Å². The summed E-state index contributed by atoms with van der Waals surface area (Å²) in [4.78, 5) is 31.4. The first-order valence-electron chi connectivity index (χ1n) is 12.4. The third-order valence-corrected chi connectivity index (χ3v) is 7.14. The molecule has 5 nitrogen and oxygen atoms in total. The van der Waals surface area contributed by atoms with Crippen LogP contribution in [0.1, 0.15) is 81.8 Å². The van der Waals surface area contributed by atoms with Crippen LogP contribution in [-0.4, -0.2) is 30.1 Å². The summed E-state index contributed by atoms with van der Waals surface area (Å²) in [5, 5.41) is 3.04. The molecule has 0 saturated heterocycles. The predicted octanol–water partition coefficient (Wildman–Crippen LogP) is 6.56. The number of carbonyl (C=O) groups excluding carboxylic acids is 2. The number of aliphatic imine (C=N–C) groups is 1. The predicted molar refractivity (Wildman–Crippen MR) is 142 cm³/mol. The van der Waals surface area contributed by atoms with Gasteiger partial charge in [0.05, 0.1) is 24.8 Å².